The molecule has 2 nitrogen and oxygen atoms in total. The number of hydrogen-bond donors (Lipinski definition) is 0. The predicted molar refractivity (Wildman–Crippen MR) is 208 cm³/mol. The Bertz CT molecular complexity index is 2950. The zero-order valence-corrected chi connectivity index (χ0v) is 28.4. The molecule has 0 atom stereocenters. The van der Waals surface area contributed by atoms with E-state index in [-0.39, 0.29) is 10.8 Å². The minimum atomic E-state index is 0.0228. The number of fused-ring (bicyclic) bond motifs is 11. The largest absolute Gasteiger partial charge is 0.309 e. The molecule has 48 heavy (non-hydrogen) atoms. The SMILES string of the molecule is CC(C)(C)c1ccc2c(c1)c1cc3ccccc3cc1n2-c1ccc2c(c1)c1cc(C(C)(C)C)cc3c4cc5ccccc5cc4n2c13. The fourth-order valence-electron chi connectivity index (χ4n) is 8.24. The molecule has 7 aromatic carbocycles. The summed E-state index contributed by atoms with van der Waals surface area (Å²) in [5, 5.41) is 13.0. The summed E-state index contributed by atoms with van der Waals surface area (Å²) in [4.78, 5) is 0. The van der Waals surface area contributed by atoms with Gasteiger partial charge in [0.2, 0.25) is 0 Å². The first-order chi connectivity index (χ1) is 23.0. The van der Waals surface area contributed by atoms with Crippen LogP contribution in [0.15, 0.2) is 121 Å². The zero-order valence-electron chi connectivity index (χ0n) is 28.4. The van der Waals surface area contributed by atoms with Gasteiger partial charge in [-0.3, -0.25) is 0 Å². The van der Waals surface area contributed by atoms with Gasteiger partial charge in [-0.05, 0) is 110 Å². The molecular weight excluding hydrogens is 581 g/mol. The van der Waals surface area contributed by atoms with Crippen LogP contribution in [0, 0.1) is 0 Å². The standard InChI is InChI=1S/C46H38N2/c1-45(2,3)31-15-17-40-36(23-31)34-19-27-11-7-9-13-29(27)21-42(34)47(40)33-16-18-41-37(26-33)39-25-32(46(4,5)6)24-38-35-20-28-12-8-10-14-30(28)22-43(35)48(41)44(38)39/h7-26H,1-6H3. The molecule has 2 heteroatoms. The summed E-state index contributed by atoms with van der Waals surface area (Å²) in [6.45, 7) is 13.9. The van der Waals surface area contributed by atoms with Gasteiger partial charge in [0.25, 0.3) is 0 Å². The molecule has 10 rings (SSSR count). The van der Waals surface area contributed by atoms with Gasteiger partial charge in [-0.2, -0.15) is 0 Å². The van der Waals surface area contributed by atoms with E-state index in [1.54, 1.807) is 0 Å². The lowest BCUT2D eigenvalue weighted by molar-refractivity contribution is 0.591. The third kappa shape index (κ3) is 3.75. The molecule has 0 aliphatic rings. The third-order valence-corrected chi connectivity index (χ3v) is 10.9. The normalized spacial score (nSPS) is 13.2. The summed E-state index contributed by atoms with van der Waals surface area (Å²) in [7, 11) is 0. The maximum absolute atomic E-state index is 2.52. The van der Waals surface area contributed by atoms with Crippen LogP contribution in [0.1, 0.15) is 52.7 Å². The number of hydrogen-bond acceptors (Lipinski definition) is 0. The molecule has 0 saturated heterocycles. The summed E-state index contributed by atoms with van der Waals surface area (Å²) in [6.07, 6.45) is 0. The van der Waals surface area contributed by atoms with Crippen LogP contribution in [0.3, 0.4) is 0 Å². The Kier molecular flexibility index (Phi) is 5.30. The Morgan fingerprint density at radius 3 is 1.46 bits per heavy atom. The number of aromatic nitrogens is 2. The Morgan fingerprint density at radius 1 is 0.375 bits per heavy atom. The van der Waals surface area contributed by atoms with Gasteiger partial charge >= 0.3 is 0 Å². The van der Waals surface area contributed by atoms with Crippen molar-refractivity contribution in [2.75, 3.05) is 0 Å². The first kappa shape index (κ1) is 27.7. The molecule has 10 aromatic rings. The molecule has 232 valence electrons. The summed E-state index contributed by atoms with van der Waals surface area (Å²) in [5.74, 6) is 0. The molecule has 0 aliphatic carbocycles. The van der Waals surface area contributed by atoms with Gasteiger partial charge in [-0.15, -0.1) is 0 Å². The van der Waals surface area contributed by atoms with Crippen LogP contribution in [0.4, 0.5) is 0 Å². The summed E-state index contributed by atoms with van der Waals surface area (Å²) < 4.78 is 5.01. The van der Waals surface area contributed by atoms with Gasteiger partial charge in [0.15, 0.2) is 0 Å². The molecular formula is C46H38N2. The van der Waals surface area contributed by atoms with E-state index in [9.17, 15) is 0 Å². The fraction of sp³-hybridized carbons (Fsp3) is 0.174. The molecule has 0 N–H and O–H groups in total. The van der Waals surface area contributed by atoms with Crippen molar-refractivity contribution >= 4 is 81.4 Å². The smallest absolute Gasteiger partial charge is 0.0620 e. The Balaban J connectivity index is 1.34. The number of rotatable bonds is 1. The lowest BCUT2D eigenvalue weighted by Crippen LogP contribution is -2.10. The van der Waals surface area contributed by atoms with Crippen molar-refractivity contribution in [2.24, 2.45) is 0 Å². The van der Waals surface area contributed by atoms with E-state index in [1.807, 2.05) is 0 Å². The van der Waals surface area contributed by atoms with Crippen molar-refractivity contribution in [3.05, 3.63) is 132 Å². The summed E-state index contributed by atoms with van der Waals surface area (Å²) in [5.41, 5.74) is 10.4. The van der Waals surface area contributed by atoms with E-state index in [1.165, 1.54) is 98.3 Å². The molecule has 0 fully saturated rings. The minimum Gasteiger partial charge on any atom is -0.309 e. The summed E-state index contributed by atoms with van der Waals surface area (Å²) >= 11 is 0. The van der Waals surface area contributed by atoms with Gasteiger partial charge < -0.3 is 8.97 Å². The van der Waals surface area contributed by atoms with Gasteiger partial charge in [-0.1, -0.05) is 96.1 Å². The van der Waals surface area contributed by atoms with E-state index in [2.05, 4.69) is 172 Å². The van der Waals surface area contributed by atoms with Crippen LogP contribution in [0.5, 0.6) is 0 Å². The maximum Gasteiger partial charge on any atom is 0.0620 e. The second kappa shape index (κ2) is 9.17. The van der Waals surface area contributed by atoms with E-state index in [0.29, 0.717) is 0 Å². The third-order valence-electron chi connectivity index (χ3n) is 10.9. The van der Waals surface area contributed by atoms with E-state index < -0.39 is 0 Å². The molecule has 0 bridgehead atoms. The molecule has 0 aliphatic heterocycles. The highest BCUT2D eigenvalue weighted by atomic mass is 15.0. The molecule has 0 spiro atoms. The maximum atomic E-state index is 2.52. The van der Waals surface area contributed by atoms with E-state index in [4.69, 9.17) is 0 Å². The summed E-state index contributed by atoms with van der Waals surface area (Å²) in [6, 6.07) is 46.2. The van der Waals surface area contributed by atoms with Crippen molar-refractivity contribution in [2.45, 2.75) is 52.4 Å². The van der Waals surface area contributed by atoms with Crippen molar-refractivity contribution in [1.82, 2.24) is 8.97 Å². The van der Waals surface area contributed by atoms with Crippen molar-refractivity contribution in [1.29, 1.82) is 0 Å². The Labute approximate surface area is 280 Å². The molecule has 3 heterocycles. The number of benzene rings is 7. The zero-order chi connectivity index (χ0) is 32.7. The molecule has 0 unspecified atom stereocenters. The molecule has 0 amide bonds. The van der Waals surface area contributed by atoms with E-state index in [0.717, 1.165) is 0 Å². The van der Waals surface area contributed by atoms with Crippen molar-refractivity contribution in [3.8, 4) is 5.69 Å². The second-order valence-electron chi connectivity index (χ2n) is 16.0. The topological polar surface area (TPSA) is 9.34 Å². The predicted octanol–water partition coefficient (Wildman–Crippen LogP) is 12.8. The lowest BCUT2D eigenvalue weighted by atomic mass is 9.85. The fourth-order valence-corrected chi connectivity index (χ4v) is 8.24. The first-order valence-electron chi connectivity index (χ1n) is 17.2. The Hall–Kier alpha value is -5.34. The lowest BCUT2D eigenvalue weighted by Gasteiger charge is -2.19. The van der Waals surface area contributed by atoms with Gasteiger partial charge in [-0.25, -0.2) is 0 Å². The molecule has 0 saturated carbocycles. The van der Waals surface area contributed by atoms with Gasteiger partial charge in [0.05, 0.1) is 27.6 Å². The monoisotopic (exact) mass is 618 g/mol. The highest BCUT2D eigenvalue weighted by Crippen LogP contribution is 2.44. The minimum absolute atomic E-state index is 0.0228. The van der Waals surface area contributed by atoms with Crippen molar-refractivity contribution < 1.29 is 0 Å². The van der Waals surface area contributed by atoms with Crippen LogP contribution >= 0.6 is 0 Å². The van der Waals surface area contributed by atoms with Crippen LogP contribution in [0.25, 0.3) is 87.1 Å². The molecule has 3 aromatic heterocycles. The van der Waals surface area contributed by atoms with Crippen LogP contribution < -0.4 is 0 Å². The quantitative estimate of drug-likeness (QED) is 0.173. The van der Waals surface area contributed by atoms with Gasteiger partial charge in [0, 0.05) is 38.0 Å². The average Bonchev–Trinajstić information content (AvgIpc) is 3.68. The van der Waals surface area contributed by atoms with Gasteiger partial charge in [0.1, 0.15) is 0 Å². The number of nitrogens with zero attached hydrogens (tertiary/aromatic N) is 2. The van der Waals surface area contributed by atoms with Crippen LogP contribution in [-0.4, -0.2) is 8.97 Å². The second-order valence-corrected chi connectivity index (χ2v) is 16.0. The van der Waals surface area contributed by atoms with Crippen LogP contribution in [-0.2, 0) is 10.8 Å². The van der Waals surface area contributed by atoms with Crippen LogP contribution in [0.2, 0.25) is 0 Å². The van der Waals surface area contributed by atoms with Crippen molar-refractivity contribution in [3.63, 3.8) is 0 Å². The average molecular weight is 619 g/mol. The Morgan fingerprint density at radius 2 is 0.854 bits per heavy atom. The molecule has 0 radical (unpaired) electrons. The first-order valence-corrected chi connectivity index (χ1v) is 17.2. The highest BCUT2D eigenvalue weighted by molar-refractivity contribution is 6.25. The highest BCUT2D eigenvalue weighted by Gasteiger charge is 2.24. The van der Waals surface area contributed by atoms with E-state index >= 15 is 0 Å².